The van der Waals surface area contributed by atoms with Crippen LogP contribution in [-0.4, -0.2) is 37.2 Å². The third-order valence-electron chi connectivity index (χ3n) is 5.82. The first-order valence-corrected chi connectivity index (χ1v) is 12.3. The Morgan fingerprint density at radius 2 is 1.54 bits per heavy atom. The molecule has 0 saturated carbocycles. The molecule has 9 heteroatoms. The van der Waals surface area contributed by atoms with Crippen LogP contribution < -0.4 is 4.74 Å². The number of phenols is 1. The molecule has 0 bridgehead atoms. The lowest BCUT2D eigenvalue weighted by Crippen LogP contribution is -2.17. The first-order chi connectivity index (χ1) is 17.9. The average molecular weight is 532 g/mol. The van der Waals surface area contributed by atoms with E-state index in [1.165, 1.54) is 17.3 Å². The van der Waals surface area contributed by atoms with E-state index in [2.05, 4.69) is 68.5 Å². The van der Waals surface area contributed by atoms with Crippen molar-refractivity contribution >= 4 is 34.1 Å². The number of hydrogen-bond donors (Lipinski definition) is 1. The highest BCUT2D eigenvalue weighted by Gasteiger charge is 2.11. The van der Waals surface area contributed by atoms with E-state index in [1.54, 1.807) is 12.1 Å². The standard InChI is InChI=1S/C28H23Cl2N5O2/c1-35(16-20-8-9-25-21(11-20)3-2-10-31-25)15-18-4-6-19(7-5-18)17-37-28-32-14-26(33-34-28)22-12-23(29)27(36)24(30)13-22/h2-14,36H,15-17H2,1H3. The van der Waals surface area contributed by atoms with Gasteiger partial charge in [0, 0.05) is 30.2 Å². The van der Waals surface area contributed by atoms with Crippen LogP contribution in [0.2, 0.25) is 10.0 Å². The number of aromatic nitrogens is 4. The molecule has 1 N–H and O–H groups in total. The molecule has 0 radical (unpaired) electrons. The number of phenolic OH excluding ortho intramolecular Hbond substituents is 1. The Bertz CT molecular complexity index is 1510. The molecule has 0 fully saturated rings. The fourth-order valence-electron chi connectivity index (χ4n) is 3.97. The number of nitrogens with zero attached hydrogens (tertiary/aromatic N) is 5. The summed E-state index contributed by atoms with van der Waals surface area (Å²) in [5.74, 6) is -0.173. The second-order valence-electron chi connectivity index (χ2n) is 8.72. The Labute approximate surface area is 224 Å². The van der Waals surface area contributed by atoms with Crippen molar-refractivity contribution < 1.29 is 9.84 Å². The van der Waals surface area contributed by atoms with E-state index in [4.69, 9.17) is 27.9 Å². The third kappa shape index (κ3) is 6.14. The van der Waals surface area contributed by atoms with Gasteiger partial charge in [-0.05, 0) is 54.1 Å². The molecule has 3 aromatic carbocycles. The van der Waals surface area contributed by atoms with Crippen molar-refractivity contribution in [1.29, 1.82) is 0 Å². The summed E-state index contributed by atoms with van der Waals surface area (Å²) in [5.41, 5.74) is 5.53. The van der Waals surface area contributed by atoms with Gasteiger partial charge in [0.2, 0.25) is 0 Å². The molecular formula is C28H23Cl2N5O2. The van der Waals surface area contributed by atoms with Gasteiger partial charge >= 0.3 is 6.01 Å². The molecule has 37 heavy (non-hydrogen) atoms. The summed E-state index contributed by atoms with van der Waals surface area (Å²) in [6, 6.07) is 22.0. The fraction of sp³-hybridized carbons (Fsp3) is 0.143. The van der Waals surface area contributed by atoms with E-state index in [1.807, 2.05) is 24.4 Å². The second-order valence-corrected chi connectivity index (χ2v) is 9.54. The molecule has 186 valence electrons. The summed E-state index contributed by atoms with van der Waals surface area (Å²) in [7, 11) is 2.11. The van der Waals surface area contributed by atoms with Crippen molar-refractivity contribution in [3.05, 3.63) is 106 Å². The molecule has 0 aliphatic heterocycles. The molecular weight excluding hydrogens is 509 g/mol. The Balaban J connectivity index is 1.14. The number of benzene rings is 3. The molecule has 0 amide bonds. The maximum atomic E-state index is 9.71. The van der Waals surface area contributed by atoms with Gasteiger partial charge in [0.05, 0.1) is 21.8 Å². The molecule has 0 atom stereocenters. The number of ether oxygens (including phenoxy) is 1. The van der Waals surface area contributed by atoms with Crippen LogP contribution in [0.1, 0.15) is 16.7 Å². The van der Waals surface area contributed by atoms with Crippen molar-refractivity contribution in [3.63, 3.8) is 0 Å². The number of rotatable bonds is 8. The van der Waals surface area contributed by atoms with Crippen LogP contribution in [0.25, 0.3) is 22.2 Å². The van der Waals surface area contributed by atoms with Crippen LogP contribution in [0.15, 0.2) is 79.1 Å². The zero-order chi connectivity index (χ0) is 25.8. The molecule has 2 aromatic heterocycles. The molecule has 7 nitrogen and oxygen atoms in total. The van der Waals surface area contributed by atoms with Gasteiger partial charge in [0.15, 0.2) is 5.75 Å². The highest BCUT2D eigenvalue weighted by Crippen LogP contribution is 2.35. The van der Waals surface area contributed by atoms with Crippen LogP contribution in [0.5, 0.6) is 11.8 Å². The zero-order valence-corrected chi connectivity index (χ0v) is 21.5. The van der Waals surface area contributed by atoms with E-state index >= 15 is 0 Å². The molecule has 5 aromatic rings. The molecule has 0 spiro atoms. The highest BCUT2D eigenvalue weighted by atomic mass is 35.5. The van der Waals surface area contributed by atoms with E-state index in [0.29, 0.717) is 17.9 Å². The maximum Gasteiger partial charge on any atom is 0.336 e. The first-order valence-electron chi connectivity index (χ1n) is 11.6. The van der Waals surface area contributed by atoms with E-state index < -0.39 is 0 Å². The van der Waals surface area contributed by atoms with Crippen LogP contribution in [0.4, 0.5) is 0 Å². The summed E-state index contributed by atoms with van der Waals surface area (Å²) in [6.45, 7) is 1.99. The van der Waals surface area contributed by atoms with E-state index in [9.17, 15) is 5.11 Å². The van der Waals surface area contributed by atoms with Gasteiger partial charge in [-0.15, -0.1) is 5.10 Å². The van der Waals surface area contributed by atoms with Crippen LogP contribution in [0.3, 0.4) is 0 Å². The largest absolute Gasteiger partial charge is 0.505 e. The minimum absolute atomic E-state index is 0.130. The minimum Gasteiger partial charge on any atom is -0.505 e. The number of aromatic hydroxyl groups is 1. The maximum absolute atomic E-state index is 9.71. The number of pyridine rings is 1. The lowest BCUT2D eigenvalue weighted by Gasteiger charge is -2.17. The minimum atomic E-state index is -0.173. The Kier molecular flexibility index (Phi) is 7.46. The predicted octanol–water partition coefficient (Wildman–Crippen LogP) is 6.31. The highest BCUT2D eigenvalue weighted by molar-refractivity contribution is 6.37. The van der Waals surface area contributed by atoms with Crippen molar-refractivity contribution in [1.82, 2.24) is 25.1 Å². The molecule has 0 aliphatic rings. The Morgan fingerprint density at radius 3 is 2.27 bits per heavy atom. The lowest BCUT2D eigenvalue weighted by atomic mass is 10.1. The normalized spacial score (nSPS) is 11.2. The van der Waals surface area contributed by atoms with Crippen molar-refractivity contribution in [2.45, 2.75) is 19.7 Å². The van der Waals surface area contributed by atoms with Gasteiger partial charge in [-0.1, -0.05) is 64.7 Å². The SMILES string of the molecule is CN(Cc1ccc(COc2ncc(-c3cc(Cl)c(O)c(Cl)c3)nn2)cc1)Cc1ccc2ncccc2c1. The van der Waals surface area contributed by atoms with Crippen molar-refractivity contribution in [2.75, 3.05) is 7.05 Å². The summed E-state index contributed by atoms with van der Waals surface area (Å²) in [6.07, 6.45) is 3.34. The van der Waals surface area contributed by atoms with Crippen molar-refractivity contribution in [2.24, 2.45) is 0 Å². The smallest absolute Gasteiger partial charge is 0.336 e. The number of hydrogen-bond acceptors (Lipinski definition) is 7. The predicted molar refractivity (Wildman–Crippen MR) is 145 cm³/mol. The monoisotopic (exact) mass is 531 g/mol. The lowest BCUT2D eigenvalue weighted by molar-refractivity contribution is 0.276. The number of fused-ring (bicyclic) bond motifs is 1. The van der Waals surface area contributed by atoms with E-state index in [0.717, 1.165) is 29.6 Å². The summed E-state index contributed by atoms with van der Waals surface area (Å²) < 4.78 is 5.69. The summed E-state index contributed by atoms with van der Waals surface area (Å²) in [5, 5.41) is 19.3. The van der Waals surface area contributed by atoms with Gasteiger partial charge in [-0.3, -0.25) is 9.88 Å². The van der Waals surface area contributed by atoms with Gasteiger partial charge in [-0.2, -0.15) is 0 Å². The molecule has 0 unspecified atom stereocenters. The third-order valence-corrected chi connectivity index (χ3v) is 6.39. The second kappa shape index (κ2) is 11.1. The topological polar surface area (TPSA) is 84.3 Å². The van der Waals surface area contributed by atoms with Crippen LogP contribution in [0, 0.1) is 0 Å². The quantitative estimate of drug-likeness (QED) is 0.251. The first kappa shape index (κ1) is 24.9. The van der Waals surface area contributed by atoms with Gasteiger partial charge < -0.3 is 9.84 Å². The molecule has 0 aliphatic carbocycles. The number of halogens is 2. The Hall–Kier alpha value is -3.78. The zero-order valence-electron chi connectivity index (χ0n) is 20.0. The molecule has 2 heterocycles. The average Bonchev–Trinajstić information content (AvgIpc) is 2.91. The van der Waals surface area contributed by atoms with Crippen molar-refractivity contribution in [3.8, 4) is 23.0 Å². The molecule has 0 saturated heterocycles. The van der Waals surface area contributed by atoms with Crippen LogP contribution in [-0.2, 0) is 19.7 Å². The van der Waals surface area contributed by atoms with Gasteiger partial charge in [0.1, 0.15) is 12.3 Å². The van der Waals surface area contributed by atoms with E-state index in [-0.39, 0.29) is 21.8 Å². The van der Waals surface area contributed by atoms with Crippen LogP contribution >= 0.6 is 23.2 Å². The Morgan fingerprint density at radius 1 is 0.838 bits per heavy atom. The summed E-state index contributed by atoms with van der Waals surface area (Å²) >= 11 is 12.0. The van der Waals surface area contributed by atoms with Gasteiger partial charge in [0.25, 0.3) is 0 Å². The van der Waals surface area contributed by atoms with Gasteiger partial charge in [-0.25, -0.2) is 4.98 Å². The molecule has 5 rings (SSSR count). The fourth-order valence-corrected chi connectivity index (χ4v) is 4.45. The summed E-state index contributed by atoms with van der Waals surface area (Å²) in [4.78, 5) is 10.9.